The number of aryl methyl sites for hydroxylation is 2. The van der Waals surface area contributed by atoms with Crippen LogP contribution < -0.4 is 4.68 Å². The number of hydrogen-bond acceptors (Lipinski definition) is 4. The van der Waals surface area contributed by atoms with Gasteiger partial charge in [0.25, 0.3) is 0 Å². The second kappa shape index (κ2) is 3.30. The van der Waals surface area contributed by atoms with Gasteiger partial charge in [0.15, 0.2) is 18.9 Å². The van der Waals surface area contributed by atoms with Gasteiger partial charge in [0.05, 0.1) is 12.5 Å². The minimum atomic E-state index is -0.448. The van der Waals surface area contributed by atoms with Crippen LogP contribution in [0.2, 0.25) is 0 Å². The number of hydrogen-bond donors (Lipinski definition) is 0. The Labute approximate surface area is 86.1 Å². The van der Waals surface area contributed by atoms with E-state index < -0.39 is 5.97 Å². The van der Waals surface area contributed by atoms with E-state index in [0.29, 0.717) is 16.7 Å². The lowest BCUT2D eigenvalue weighted by Crippen LogP contribution is -2.32. The predicted molar refractivity (Wildman–Crippen MR) is 51.0 cm³/mol. The van der Waals surface area contributed by atoms with Gasteiger partial charge in [-0.3, -0.25) is 0 Å². The molecule has 0 aliphatic heterocycles. The van der Waals surface area contributed by atoms with Gasteiger partial charge in [0, 0.05) is 18.2 Å². The molecule has 0 fully saturated rings. The fourth-order valence-electron chi connectivity index (χ4n) is 1.42. The van der Waals surface area contributed by atoms with Crippen LogP contribution in [0.15, 0.2) is 12.3 Å². The highest BCUT2D eigenvalue weighted by Crippen LogP contribution is 2.14. The number of fused-ring (bicyclic) bond motifs is 1. The molecule has 6 nitrogen and oxygen atoms in total. The second-order valence-electron chi connectivity index (χ2n) is 3.19. The largest absolute Gasteiger partial charge is 0.464 e. The summed E-state index contributed by atoms with van der Waals surface area (Å²) in [6.45, 7) is 0. The number of rotatable bonds is 1. The molecule has 0 aliphatic carbocycles. The molecule has 0 saturated carbocycles. The Morgan fingerprint density at radius 1 is 1.60 bits per heavy atom. The number of carbonyl (C=O) groups is 1. The average molecular weight is 207 g/mol. The zero-order valence-electron chi connectivity index (χ0n) is 8.76. The summed E-state index contributed by atoms with van der Waals surface area (Å²) >= 11 is 0. The fraction of sp³-hybridized carbons (Fsp3) is 0.333. The van der Waals surface area contributed by atoms with E-state index in [9.17, 15) is 4.79 Å². The van der Waals surface area contributed by atoms with Crippen LogP contribution in [0.25, 0.3) is 11.0 Å². The van der Waals surface area contributed by atoms with Crippen molar-refractivity contribution in [1.82, 2.24) is 14.9 Å². The van der Waals surface area contributed by atoms with Crippen molar-refractivity contribution in [3.63, 3.8) is 0 Å². The van der Waals surface area contributed by atoms with Crippen molar-refractivity contribution in [2.45, 2.75) is 0 Å². The number of esters is 1. The number of ether oxygens (including phenoxy) is 1. The Morgan fingerprint density at radius 3 is 3.00 bits per heavy atom. The van der Waals surface area contributed by atoms with Crippen molar-refractivity contribution in [2.75, 3.05) is 7.11 Å². The van der Waals surface area contributed by atoms with Crippen LogP contribution in [-0.4, -0.2) is 28.0 Å². The van der Waals surface area contributed by atoms with E-state index in [-0.39, 0.29) is 0 Å². The first-order valence-corrected chi connectivity index (χ1v) is 4.41. The second-order valence-corrected chi connectivity index (χ2v) is 3.19. The maximum Gasteiger partial charge on any atom is 0.359 e. The van der Waals surface area contributed by atoms with Gasteiger partial charge in [-0.25, -0.2) is 9.48 Å². The normalized spacial score (nSPS) is 10.6. The summed E-state index contributed by atoms with van der Waals surface area (Å²) in [5.41, 5.74) is 0.948. The van der Waals surface area contributed by atoms with Gasteiger partial charge < -0.3 is 4.74 Å². The maximum atomic E-state index is 11.4. The molecule has 2 heterocycles. The molecule has 15 heavy (non-hydrogen) atoms. The summed E-state index contributed by atoms with van der Waals surface area (Å²) in [6.07, 6.45) is 1.76. The molecule has 2 aromatic rings. The van der Waals surface area contributed by atoms with E-state index in [1.807, 2.05) is 7.05 Å². The van der Waals surface area contributed by atoms with Crippen LogP contribution >= 0.6 is 0 Å². The van der Waals surface area contributed by atoms with Crippen LogP contribution in [0.4, 0.5) is 0 Å². The summed E-state index contributed by atoms with van der Waals surface area (Å²) in [5.74, 6) is -0.448. The van der Waals surface area contributed by atoms with E-state index in [1.165, 1.54) is 7.11 Å². The SMILES string of the molecule is COC(=O)c1nn(C)c2n[n+](C)ccc12. The fourth-order valence-corrected chi connectivity index (χ4v) is 1.42. The Kier molecular flexibility index (Phi) is 2.11. The summed E-state index contributed by atoms with van der Waals surface area (Å²) in [5, 5.41) is 8.99. The molecule has 0 unspecified atom stereocenters. The number of aromatic nitrogens is 4. The van der Waals surface area contributed by atoms with Gasteiger partial charge in [-0.2, -0.15) is 5.10 Å². The Bertz CT molecular complexity index is 532. The highest BCUT2D eigenvalue weighted by molar-refractivity contribution is 6.00. The van der Waals surface area contributed by atoms with Crippen LogP contribution in [-0.2, 0) is 18.8 Å². The third-order valence-corrected chi connectivity index (χ3v) is 2.14. The van der Waals surface area contributed by atoms with Crippen LogP contribution in [0, 0.1) is 0 Å². The first-order valence-electron chi connectivity index (χ1n) is 4.41. The third-order valence-electron chi connectivity index (χ3n) is 2.14. The highest BCUT2D eigenvalue weighted by Gasteiger charge is 2.19. The highest BCUT2D eigenvalue weighted by atomic mass is 16.5. The lowest BCUT2D eigenvalue weighted by Gasteiger charge is -1.92. The molecule has 0 aliphatic rings. The molecule has 0 spiro atoms. The molecule has 0 radical (unpaired) electrons. The van der Waals surface area contributed by atoms with Crippen LogP contribution in [0.3, 0.4) is 0 Å². The van der Waals surface area contributed by atoms with Crippen molar-refractivity contribution in [2.24, 2.45) is 14.1 Å². The van der Waals surface area contributed by atoms with Gasteiger partial charge in [0.1, 0.15) is 0 Å². The summed E-state index contributed by atoms with van der Waals surface area (Å²) in [4.78, 5) is 11.4. The zero-order chi connectivity index (χ0) is 11.0. The topological polar surface area (TPSA) is 60.9 Å². The molecule has 78 valence electrons. The van der Waals surface area contributed by atoms with E-state index in [1.54, 1.807) is 28.7 Å². The maximum absolute atomic E-state index is 11.4. The first-order chi connectivity index (χ1) is 7.13. The number of methoxy groups -OCH3 is 1. The molecule has 0 aromatic carbocycles. The number of carbonyl (C=O) groups excluding carboxylic acids is 1. The minimum absolute atomic E-state index is 0.295. The Balaban J connectivity index is 2.73. The standard InChI is InChI=1S/C9H11N4O2/c1-12-5-4-6-7(9(14)15-3)10-13(2)8(6)11-12/h4-5H,1-3H3/q+1. The van der Waals surface area contributed by atoms with E-state index in [0.717, 1.165) is 0 Å². The van der Waals surface area contributed by atoms with Gasteiger partial charge >= 0.3 is 5.97 Å². The van der Waals surface area contributed by atoms with Crippen molar-refractivity contribution in [1.29, 1.82) is 0 Å². The smallest absolute Gasteiger partial charge is 0.359 e. The first kappa shape index (κ1) is 9.57. The molecular formula is C9H11N4O2+. The molecular weight excluding hydrogens is 196 g/mol. The summed E-state index contributed by atoms with van der Waals surface area (Å²) < 4.78 is 7.85. The molecule has 0 bridgehead atoms. The summed E-state index contributed by atoms with van der Waals surface area (Å²) in [7, 11) is 4.88. The van der Waals surface area contributed by atoms with E-state index in [4.69, 9.17) is 0 Å². The average Bonchev–Trinajstić information content (AvgIpc) is 2.55. The molecule has 0 atom stereocenters. The molecule has 6 heteroatoms. The van der Waals surface area contributed by atoms with E-state index in [2.05, 4.69) is 14.9 Å². The van der Waals surface area contributed by atoms with E-state index >= 15 is 0 Å². The number of nitrogens with zero attached hydrogens (tertiary/aromatic N) is 4. The molecule has 0 N–H and O–H groups in total. The molecule has 0 amide bonds. The lowest BCUT2D eigenvalue weighted by atomic mass is 10.3. The van der Waals surface area contributed by atoms with Gasteiger partial charge in [0.2, 0.25) is 5.65 Å². The molecule has 2 rings (SSSR count). The molecule has 2 aromatic heterocycles. The van der Waals surface area contributed by atoms with Crippen molar-refractivity contribution >= 4 is 17.0 Å². The predicted octanol–water partition coefficient (Wildman–Crippen LogP) is -0.421. The minimum Gasteiger partial charge on any atom is -0.464 e. The zero-order valence-corrected chi connectivity index (χ0v) is 8.76. The molecule has 0 saturated heterocycles. The Hall–Kier alpha value is -1.98. The lowest BCUT2D eigenvalue weighted by molar-refractivity contribution is -0.728. The third kappa shape index (κ3) is 1.43. The van der Waals surface area contributed by atoms with Gasteiger partial charge in [-0.15, -0.1) is 0 Å². The van der Waals surface area contributed by atoms with Crippen LogP contribution in [0.1, 0.15) is 10.5 Å². The van der Waals surface area contributed by atoms with Gasteiger partial charge in [-0.1, -0.05) is 4.68 Å². The van der Waals surface area contributed by atoms with Crippen LogP contribution in [0.5, 0.6) is 0 Å². The van der Waals surface area contributed by atoms with Crippen molar-refractivity contribution in [3.8, 4) is 0 Å². The van der Waals surface area contributed by atoms with Crippen molar-refractivity contribution < 1.29 is 14.2 Å². The monoisotopic (exact) mass is 207 g/mol. The quantitative estimate of drug-likeness (QED) is 0.470. The summed E-state index contributed by atoms with van der Waals surface area (Å²) in [6, 6.07) is 1.79. The van der Waals surface area contributed by atoms with Gasteiger partial charge in [-0.05, 0) is 0 Å². The Morgan fingerprint density at radius 2 is 2.33 bits per heavy atom. The van der Waals surface area contributed by atoms with Crippen molar-refractivity contribution in [3.05, 3.63) is 18.0 Å².